The molecule has 2 N–H and O–H groups in total. The van der Waals surface area contributed by atoms with Crippen LogP contribution in [0.4, 0.5) is 5.69 Å². The highest BCUT2D eigenvalue weighted by atomic mass is 32.2. The molecule has 0 aliphatic carbocycles. The Morgan fingerprint density at radius 3 is 2.50 bits per heavy atom. The molecule has 2 atom stereocenters. The zero-order valence-corrected chi connectivity index (χ0v) is 16.3. The maximum absolute atomic E-state index is 12.5. The van der Waals surface area contributed by atoms with Crippen molar-refractivity contribution in [2.75, 3.05) is 24.7 Å². The van der Waals surface area contributed by atoms with Crippen LogP contribution < -0.4 is 10.6 Å². The lowest BCUT2D eigenvalue weighted by atomic mass is 9.98. The lowest BCUT2D eigenvalue weighted by Gasteiger charge is -2.30. The van der Waals surface area contributed by atoms with Crippen LogP contribution in [0.1, 0.15) is 44.7 Å². The maximum atomic E-state index is 12.5. The first-order valence-corrected chi connectivity index (χ1v) is 10.7. The monoisotopic (exact) mass is 381 g/mol. The number of hydrogen-bond donors (Lipinski definition) is 2. The highest BCUT2D eigenvalue weighted by molar-refractivity contribution is 7.88. The molecule has 1 aromatic rings. The second-order valence-corrected chi connectivity index (χ2v) is 8.70. The number of nitrogens with one attached hydrogen (secondary N) is 2. The topological polar surface area (TPSA) is 95.6 Å². The Bertz CT molecular complexity index is 746. The highest BCUT2D eigenvalue weighted by Crippen LogP contribution is 2.21. The molecular formula is C18H27N3O4S. The predicted molar refractivity (Wildman–Crippen MR) is 101 cm³/mol. The van der Waals surface area contributed by atoms with Gasteiger partial charge in [0, 0.05) is 25.2 Å². The van der Waals surface area contributed by atoms with Crippen LogP contribution in [-0.2, 0) is 19.6 Å². The van der Waals surface area contributed by atoms with Gasteiger partial charge in [-0.05, 0) is 37.5 Å². The standard InChI is InChI=1S/C18H27N3O4S/c1-4-17(22)20-16-9-7-14(8-10-16)13(2)19-18(23)15-6-5-11-21(12-15)26(3,24)25/h7-10,13,15H,4-6,11-12H2,1-3H3,(H,19,23)(H,20,22). The van der Waals surface area contributed by atoms with Gasteiger partial charge in [-0.3, -0.25) is 9.59 Å². The van der Waals surface area contributed by atoms with Gasteiger partial charge in [0.2, 0.25) is 21.8 Å². The van der Waals surface area contributed by atoms with Gasteiger partial charge in [0.15, 0.2) is 0 Å². The molecule has 144 valence electrons. The molecule has 1 heterocycles. The molecule has 0 spiro atoms. The largest absolute Gasteiger partial charge is 0.349 e. The Morgan fingerprint density at radius 1 is 1.27 bits per heavy atom. The fourth-order valence-corrected chi connectivity index (χ4v) is 3.89. The second-order valence-electron chi connectivity index (χ2n) is 6.71. The van der Waals surface area contributed by atoms with E-state index in [1.807, 2.05) is 19.1 Å². The van der Waals surface area contributed by atoms with Crippen LogP contribution in [0.2, 0.25) is 0 Å². The molecule has 1 saturated heterocycles. The number of hydrogen-bond acceptors (Lipinski definition) is 4. The van der Waals surface area contributed by atoms with E-state index in [-0.39, 0.29) is 30.3 Å². The van der Waals surface area contributed by atoms with Crippen molar-refractivity contribution in [2.24, 2.45) is 5.92 Å². The lowest BCUT2D eigenvalue weighted by Crippen LogP contribution is -2.45. The van der Waals surface area contributed by atoms with Crippen molar-refractivity contribution in [3.05, 3.63) is 29.8 Å². The molecular weight excluding hydrogens is 354 g/mol. The zero-order valence-electron chi connectivity index (χ0n) is 15.5. The molecule has 8 heteroatoms. The predicted octanol–water partition coefficient (Wildman–Crippen LogP) is 1.88. The SMILES string of the molecule is CCC(=O)Nc1ccc(C(C)NC(=O)C2CCCN(S(C)(=O)=O)C2)cc1. The Hall–Kier alpha value is -1.93. The Morgan fingerprint density at radius 2 is 1.92 bits per heavy atom. The molecule has 1 aromatic carbocycles. The van der Waals surface area contributed by atoms with Crippen LogP contribution in [0.15, 0.2) is 24.3 Å². The second kappa shape index (κ2) is 8.64. The van der Waals surface area contributed by atoms with Gasteiger partial charge in [-0.25, -0.2) is 12.7 Å². The fraction of sp³-hybridized carbons (Fsp3) is 0.556. The first kappa shape index (κ1) is 20.4. The van der Waals surface area contributed by atoms with E-state index >= 15 is 0 Å². The number of rotatable bonds is 6. The summed E-state index contributed by atoms with van der Waals surface area (Å²) in [5.41, 5.74) is 1.64. The van der Waals surface area contributed by atoms with Crippen LogP contribution in [0.3, 0.4) is 0 Å². The van der Waals surface area contributed by atoms with Crippen LogP contribution in [-0.4, -0.2) is 43.9 Å². The summed E-state index contributed by atoms with van der Waals surface area (Å²) in [5, 5.41) is 5.74. The molecule has 2 amide bonds. The van der Waals surface area contributed by atoms with Crippen LogP contribution in [0, 0.1) is 5.92 Å². The summed E-state index contributed by atoms with van der Waals surface area (Å²) in [4.78, 5) is 23.9. The van der Waals surface area contributed by atoms with E-state index in [4.69, 9.17) is 0 Å². The molecule has 0 radical (unpaired) electrons. The van der Waals surface area contributed by atoms with E-state index in [0.29, 0.717) is 25.8 Å². The van der Waals surface area contributed by atoms with Crippen LogP contribution in [0.5, 0.6) is 0 Å². The van der Waals surface area contributed by atoms with E-state index in [1.54, 1.807) is 19.1 Å². The number of carbonyl (C=O) groups is 2. The third-order valence-electron chi connectivity index (χ3n) is 4.60. The average Bonchev–Trinajstić information content (AvgIpc) is 2.61. The van der Waals surface area contributed by atoms with E-state index in [2.05, 4.69) is 10.6 Å². The minimum Gasteiger partial charge on any atom is -0.349 e. The van der Waals surface area contributed by atoms with Gasteiger partial charge in [0.05, 0.1) is 18.2 Å². The molecule has 0 saturated carbocycles. The van der Waals surface area contributed by atoms with Crippen molar-refractivity contribution < 1.29 is 18.0 Å². The van der Waals surface area contributed by atoms with Gasteiger partial charge in [0.1, 0.15) is 0 Å². The number of sulfonamides is 1. The first-order chi connectivity index (χ1) is 12.2. The molecule has 0 bridgehead atoms. The third-order valence-corrected chi connectivity index (χ3v) is 5.87. The smallest absolute Gasteiger partial charge is 0.224 e. The van der Waals surface area contributed by atoms with Gasteiger partial charge < -0.3 is 10.6 Å². The average molecular weight is 381 g/mol. The van der Waals surface area contributed by atoms with Gasteiger partial charge in [-0.1, -0.05) is 19.1 Å². The molecule has 0 aromatic heterocycles. The summed E-state index contributed by atoms with van der Waals surface area (Å²) >= 11 is 0. The minimum atomic E-state index is -3.27. The quantitative estimate of drug-likeness (QED) is 0.786. The number of benzene rings is 1. The van der Waals surface area contributed by atoms with E-state index in [9.17, 15) is 18.0 Å². The molecule has 26 heavy (non-hydrogen) atoms. The fourth-order valence-electron chi connectivity index (χ4n) is 2.98. The summed E-state index contributed by atoms with van der Waals surface area (Å²) in [6.07, 6.45) is 2.97. The first-order valence-electron chi connectivity index (χ1n) is 8.86. The zero-order chi connectivity index (χ0) is 19.3. The van der Waals surface area contributed by atoms with Crippen molar-refractivity contribution in [1.29, 1.82) is 0 Å². The summed E-state index contributed by atoms with van der Waals surface area (Å²) < 4.78 is 24.8. The van der Waals surface area contributed by atoms with E-state index in [1.165, 1.54) is 10.6 Å². The Balaban J connectivity index is 1.95. The van der Waals surface area contributed by atoms with Crippen LogP contribution in [0.25, 0.3) is 0 Å². The van der Waals surface area contributed by atoms with Crippen molar-refractivity contribution in [3.63, 3.8) is 0 Å². The summed E-state index contributed by atoms with van der Waals surface area (Å²) in [6.45, 7) is 4.38. The molecule has 2 rings (SSSR count). The number of anilines is 1. The van der Waals surface area contributed by atoms with Gasteiger partial charge in [0.25, 0.3) is 0 Å². The number of amides is 2. The van der Waals surface area contributed by atoms with Crippen LogP contribution >= 0.6 is 0 Å². The van der Waals surface area contributed by atoms with Gasteiger partial charge in [-0.15, -0.1) is 0 Å². The highest BCUT2D eigenvalue weighted by Gasteiger charge is 2.30. The Labute approximate surface area is 155 Å². The summed E-state index contributed by atoms with van der Waals surface area (Å²) in [5.74, 6) is -0.509. The molecule has 2 unspecified atom stereocenters. The summed E-state index contributed by atoms with van der Waals surface area (Å²) in [6, 6.07) is 7.13. The van der Waals surface area contributed by atoms with E-state index in [0.717, 1.165) is 11.3 Å². The third kappa shape index (κ3) is 5.54. The Kier molecular flexibility index (Phi) is 6.77. The number of piperidine rings is 1. The van der Waals surface area contributed by atoms with Crippen molar-refractivity contribution in [3.8, 4) is 0 Å². The maximum Gasteiger partial charge on any atom is 0.224 e. The summed E-state index contributed by atoms with van der Waals surface area (Å²) in [7, 11) is -3.27. The number of nitrogens with zero attached hydrogens (tertiary/aromatic N) is 1. The normalized spacial score (nSPS) is 19.6. The molecule has 7 nitrogen and oxygen atoms in total. The number of carbonyl (C=O) groups excluding carboxylic acids is 2. The van der Waals surface area contributed by atoms with E-state index < -0.39 is 10.0 Å². The lowest BCUT2D eigenvalue weighted by molar-refractivity contribution is -0.126. The van der Waals surface area contributed by atoms with Crippen molar-refractivity contribution >= 4 is 27.5 Å². The molecule has 1 aliphatic heterocycles. The molecule has 1 aliphatic rings. The van der Waals surface area contributed by atoms with Gasteiger partial charge in [-0.2, -0.15) is 0 Å². The van der Waals surface area contributed by atoms with Crippen molar-refractivity contribution in [1.82, 2.24) is 9.62 Å². The molecule has 1 fully saturated rings. The van der Waals surface area contributed by atoms with Crippen molar-refractivity contribution in [2.45, 2.75) is 39.2 Å². The van der Waals surface area contributed by atoms with Gasteiger partial charge >= 0.3 is 0 Å². The minimum absolute atomic E-state index is 0.0492.